The Bertz CT molecular complexity index is 1860. The molecule has 0 aliphatic carbocycles. The Labute approximate surface area is 222 Å². The van der Waals surface area contributed by atoms with E-state index in [2.05, 4.69) is 35.5 Å². The number of nitrogens with one attached hydrogen (secondary N) is 3. The van der Waals surface area contributed by atoms with Crippen LogP contribution in [0.15, 0.2) is 67.4 Å². The van der Waals surface area contributed by atoms with Crippen molar-refractivity contribution >= 4 is 33.5 Å². The van der Waals surface area contributed by atoms with Gasteiger partial charge in [0.05, 0.1) is 29.3 Å². The van der Waals surface area contributed by atoms with Gasteiger partial charge in [0.25, 0.3) is 0 Å². The molecule has 0 aliphatic rings. The number of aromatic hydroxyl groups is 1. The van der Waals surface area contributed by atoms with Gasteiger partial charge in [0.15, 0.2) is 5.65 Å². The molecule has 0 aliphatic heterocycles. The van der Waals surface area contributed by atoms with Gasteiger partial charge in [-0.1, -0.05) is 20.8 Å². The number of H-pyrrole nitrogens is 2. The van der Waals surface area contributed by atoms with Crippen LogP contribution in [0.5, 0.6) is 5.75 Å². The van der Waals surface area contributed by atoms with Gasteiger partial charge in [0, 0.05) is 57.5 Å². The minimum absolute atomic E-state index is 0.103. The molecule has 10 heteroatoms. The number of halogens is 1. The first-order chi connectivity index (χ1) is 18.7. The second-order valence-electron chi connectivity index (χ2n) is 10.4. The molecule has 1 aromatic carbocycles. The van der Waals surface area contributed by atoms with E-state index < -0.39 is 11.2 Å². The van der Waals surface area contributed by atoms with E-state index in [4.69, 9.17) is 0 Å². The van der Waals surface area contributed by atoms with Gasteiger partial charge in [-0.05, 0) is 35.9 Å². The van der Waals surface area contributed by atoms with E-state index in [9.17, 15) is 14.3 Å². The number of carbonyl (C=O) groups excluding carboxylic acids is 1. The second kappa shape index (κ2) is 9.02. The Morgan fingerprint density at radius 2 is 1.69 bits per heavy atom. The number of fused-ring (bicyclic) bond motifs is 2. The highest BCUT2D eigenvalue weighted by Gasteiger charge is 2.21. The third kappa shape index (κ3) is 4.56. The lowest BCUT2D eigenvalue weighted by molar-refractivity contribution is -0.123. The predicted octanol–water partition coefficient (Wildman–Crippen LogP) is 6.06. The summed E-state index contributed by atoms with van der Waals surface area (Å²) < 4.78 is 14.0. The summed E-state index contributed by atoms with van der Waals surface area (Å²) in [7, 11) is 0. The summed E-state index contributed by atoms with van der Waals surface area (Å²) in [5, 5.41) is 21.9. The Morgan fingerprint density at radius 1 is 0.897 bits per heavy atom. The molecule has 39 heavy (non-hydrogen) atoms. The number of benzene rings is 1. The van der Waals surface area contributed by atoms with Crippen LogP contribution in [0.2, 0.25) is 0 Å². The number of amides is 1. The molecule has 5 aromatic heterocycles. The van der Waals surface area contributed by atoms with Crippen molar-refractivity contribution in [2.24, 2.45) is 5.41 Å². The average molecular weight is 522 g/mol. The molecule has 4 N–H and O–H groups in total. The molecule has 0 saturated carbocycles. The fourth-order valence-electron chi connectivity index (χ4n) is 4.39. The first kappa shape index (κ1) is 24.2. The molecule has 0 bridgehead atoms. The van der Waals surface area contributed by atoms with Gasteiger partial charge in [0.1, 0.15) is 17.3 Å². The van der Waals surface area contributed by atoms with E-state index >= 15 is 0 Å². The van der Waals surface area contributed by atoms with Crippen molar-refractivity contribution in [3.05, 3.63) is 73.2 Å². The average Bonchev–Trinajstić information content (AvgIpc) is 3.51. The van der Waals surface area contributed by atoms with E-state index in [1.165, 1.54) is 12.1 Å². The van der Waals surface area contributed by atoms with Crippen LogP contribution in [0, 0.1) is 11.2 Å². The number of hydrogen-bond donors (Lipinski definition) is 4. The summed E-state index contributed by atoms with van der Waals surface area (Å²) in [6.07, 6.45) is 8.36. The monoisotopic (exact) mass is 521 g/mol. The number of carbonyl (C=O) groups is 1. The summed E-state index contributed by atoms with van der Waals surface area (Å²) in [5.41, 5.74) is 5.54. The van der Waals surface area contributed by atoms with Crippen molar-refractivity contribution in [2.75, 3.05) is 5.32 Å². The molecular formula is C29H24FN7O2. The number of nitrogens with zero attached hydrogens (tertiary/aromatic N) is 4. The number of anilines is 1. The Balaban J connectivity index is 1.41. The molecule has 194 valence electrons. The van der Waals surface area contributed by atoms with E-state index in [0.717, 1.165) is 39.2 Å². The Morgan fingerprint density at radius 3 is 2.49 bits per heavy atom. The molecule has 0 spiro atoms. The zero-order valence-electron chi connectivity index (χ0n) is 21.4. The lowest BCUT2D eigenvalue weighted by atomic mass is 9.95. The molecular weight excluding hydrogens is 497 g/mol. The van der Waals surface area contributed by atoms with Crippen LogP contribution in [-0.2, 0) is 4.79 Å². The van der Waals surface area contributed by atoms with Crippen molar-refractivity contribution in [1.82, 2.24) is 30.1 Å². The normalized spacial score (nSPS) is 11.8. The SMILES string of the molecule is CC(C)(C)C(=O)Nc1cncc(-c2cnc3[nH]nc(-c4cc5c(-c6cc(O)cc(F)c6)cncc5[nH]4)c3c2)c1. The van der Waals surface area contributed by atoms with Gasteiger partial charge in [0.2, 0.25) is 5.91 Å². The van der Waals surface area contributed by atoms with E-state index in [-0.39, 0.29) is 11.7 Å². The van der Waals surface area contributed by atoms with Gasteiger partial charge < -0.3 is 15.4 Å². The van der Waals surface area contributed by atoms with Gasteiger partial charge in [-0.3, -0.25) is 19.9 Å². The number of aromatic nitrogens is 6. The molecule has 5 heterocycles. The van der Waals surface area contributed by atoms with Crippen LogP contribution >= 0.6 is 0 Å². The zero-order valence-corrected chi connectivity index (χ0v) is 21.4. The number of rotatable bonds is 4. The van der Waals surface area contributed by atoms with Crippen molar-refractivity contribution < 1.29 is 14.3 Å². The molecule has 0 atom stereocenters. The van der Waals surface area contributed by atoms with Gasteiger partial charge in [-0.25, -0.2) is 9.37 Å². The highest BCUT2D eigenvalue weighted by Crippen LogP contribution is 2.35. The predicted molar refractivity (Wildman–Crippen MR) is 147 cm³/mol. The molecule has 9 nitrogen and oxygen atoms in total. The Kier molecular flexibility index (Phi) is 5.60. The lowest BCUT2D eigenvalue weighted by Crippen LogP contribution is -2.27. The smallest absolute Gasteiger partial charge is 0.229 e. The third-order valence-corrected chi connectivity index (χ3v) is 6.42. The summed E-state index contributed by atoms with van der Waals surface area (Å²) >= 11 is 0. The summed E-state index contributed by atoms with van der Waals surface area (Å²) in [6, 6.07) is 9.65. The zero-order chi connectivity index (χ0) is 27.3. The maximum atomic E-state index is 14.0. The molecule has 6 rings (SSSR count). The van der Waals surface area contributed by atoms with Crippen LogP contribution in [0.3, 0.4) is 0 Å². The minimum atomic E-state index is -0.536. The number of hydrogen-bond acceptors (Lipinski definition) is 6. The van der Waals surface area contributed by atoms with Crippen molar-refractivity contribution in [1.29, 1.82) is 0 Å². The summed E-state index contributed by atoms with van der Waals surface area (Å²) in [4.78, 5) is 28.9. The van der Waals surface area contributed by atoms with Crippen LogP contribution in [-0.4, -0.2) is 41.1 Å². The van der Waals surface area contributed by atoms with Gasteiger partial charge >= 0.3 is 0 Å². The van der Waals surface area contributed by atoms with Crippen molar-refractivity contribution in [3.63, 3.8) is 0 Å². The van der Waals surface area contributed by atoms with Crippen molar-refractivity contribution in [2.45, 2.75) is 20.8 Å². The van der Waals surface area contributed by atoms with Crippen LogP contribution < -0.4 is 5.32 Å². The standard InChI is InChI=1S/C29H24FN7O2/c1-29(2,3)28(39)34-19-5-16(10-31-12-19)17-7-22-26(36-37-27(22)33-11-17)24-9-21-23(13-32-14-25(21)35-24)15-4-18(30)8-20(38)6-15/h4-14,35,38H,1-3H3,(H,34,39)(H,33,36,37). The first-order valence-corrected chi connectivity index (χ1v) is 12.2. The maximum Gasteiger partial charge on any atom is 0.229 e. The van der Waals surface area contributed by atoms with Crippen LogP contribution in [0.1, 0.15) is 20.8 Å². The summed E-state index contributed by atoms with van der Waals surface area (Å²) in [6.45, 7) is 5.55. The van der Waals surface area contributed by atoms with E-state index in [0.29, 0.717) is 28.2 Å². The molecule has 1 amide bonds. The topological polar surface area (TPSA) is 132 Å². The molecule has 0 radical (unpaired) electrons. The van der Waals surface area contributed by atoms with Gasteiger partial charge in [-0.15, -0.1) is 0 Å². The molecule has 6 aromatic rings. The fourth-order valence-corrected chi connectivity index (χ4v) is 4.39. The third-order valence-electron chi connectivity index (χ3n) is 6.42. The van der Waals surface area contributed by atoms with E-state index in [1.807, 2.05) is 39.0 Å². The molecule has 0 saturated heterocycles. The van der Waals surface area contributed by atoms with Gasteiger partial charge in [-0.2, -0.15) is 5.10 Å². The fraction of sp³-hybridized carbons (Fsp3) is 0.138. The van der Waals surface area contributed by atoms with Crippen molar-refractivity contribution in [3.8, 4) is 39.4 Å². The number of phenols is 1. The van der Waals surface area contributed by atoms with Crippen LogP contribution in [0.25, 0.3) is 55.6 Å². The number of pyridine rings is 3. The molecule has 0 unspecified atom stereocenters. The second-order valence-corrected chi connectivity index (χ2v) is 10.4. The van der Waals surface area contributed by atoms with Crippen LogP contribution in [0.4, 0.5) is 10.1 Å². The number of aromatic amines is 2. The number of phenolic OH excluding ortho intramolecular Hbond substituents is 1. The summed E-state index contributed by atoms with van der Waals surface area (Å²) in [5.74, 6) is -0.800. The Hall–Kier alpha value is -5.12. The highest BCUT2D eigenvalue weighted by molar-refractivity contribution is 6.01. The lowest BCUT2D eigenvalue weighted by Gasteiger charge is -2.17. The maximum absolute atomic E-state index is 14.0. The van der Waals surface area contributed by atoms with E-state index in [1.54, 1.807) is 31.0 Å². The largest absolute Gasteiger partial charge is 0.508 e. The first-order valence-electron chi connectivity index (χ1n) is 12.2. The highest BCUT2D eigenvalue weighted by atomic mass is 19.1. The minimum Gasteiger partial charge on any atom is -0.508 e. The molecule has 0 fully saturated rings. The quantitative estimate of drug-likeness (QED) is 0.223.